The zero-order valence-electron chi connectivity index (χ0n) is 9.66. The van der Waals surface area contributed by atoms with Crippen LogP contribution in [0.15, 0.2) is 12.7 Å². The van der Waals surface area contributed by atoms with E-state index in [9.17, 15) is 9.59 Å². The van der Waals surface area contributed by atoms with Gasteiger partial charge in [0, 0.05) is 6.08 Å². The van der Waals surface area contributed by atoms with Gasteiger partial charge in [-0.25, -0.2) is 9.59 Å². The fraction of sp³-hybridized carbons (Fsp3) is 0.667. The molecule has 1 rings (SSSR count). The first kappa shape index (κ1) is 12.7. The quantitative estimate of drug-likeness (QED) is 0.543. The van der Waals surface area contributed by atoms with Crippen LogP contribution in [0.25, 0.3) is 0 Å². The van der Waals surface area contributed by atoms with Crippen molar-refractivity contribution in [2.24, 2.45) is 0 Å². The molecule has 4 heteroatoms. The van der Waals surface area contributed by atoms with Gasteiger partial charge in [-0.15, -0.1) is 0 Å². The van der Waals surface area contributed by atoms with Gasteiger partial charge in [-0.3, -0.25) is 0 Å². The van der Waals surface area contributed by atoms with Crippen molar-refractivity contribution in [3.05, 3.63) is 12.7 Å². The molecule has 16 heavy (non-hydrogen) atoms. The normalized spacial score (nSPS) is 18.6. The highest BCUT2D eigenvalue weighted by molar-refractivity contribution is 5.83. The molecule has 0 unspecified atom stereocenters. The summed E-state index contributed by atoms with van der Waals surface area (Å²) in [5.74, 6) is -1.09. The van der Waals surface area contributed by atoms with Crippen molar-refractivity contribution in [1.82, 2.24) is 0 Å². The molecule has 90 valence electrons. The summed E-state index contributed by atoms with van der Waals surface area (Å²) in [4.78, 5) is 22.1. The number of rotatable bonds is 4. The highest BCUT2D eigenvalue weighted by atomic mass is 16.6. The molecule has 1 saturated carbocycles. The maximum atomic E-state index is 11.4. The second kappa shape index (κ2) is 5.68. The van der Waals surface area contributed by atoms with Crippen molar-refractivity contribution in [3.8, 4) is 0 Å². The second-order valence-electron chi connectivity index (χ2n) is 4.30. The minimum absolute atomic E-state index is 0.333. The fourth-order valence-corrected chi connectivity index (χ4v) is 1.89. The summed E-state index contributed by atoms with van der Waals surface area (Å²) in [5.41, 5.74) is -0.379. The van der Waals surface area contributed by atoms with Crippen molar-refractivity contribution in [1.29, 1.82) is 0 Å². The third kappa shape index (κ3) is 4.04. The average Bonchev–Trinajstić information content (AvgIpc) is 2.26. The molecule has 0 radical (unpaired) electrons. The minimum atomic E-state index is -0.606. The summed E-state index contributed by atoms with van der Waals surface area (Å²) < 4.78 is 9.93. The topological polar surface area (TPSA) is 52.6 Å². The van der Waals surface area contributed by atoms with Crippen LogP contribution in [0.5, 0.6) is 0 Å². The molecule has 0 aromatic heterocycles. The summed E-state index contributed by atoms with van der Waals surface area (Å²) in [6.07, 6.45) is 6.14. The maximum Gasteiger partial charge on any atom is 0.344 e. The third-order valence-electron chi connectivity index (χ3n) is 2.77. The molecule has 0 aromatic carbocycles. The second-order valence-corrected chi connectivity index (χ2v) is 4.30. The smallest absolute Gasteiger partial charge is 0.344 e. The molecule has 0 spiro atoms. The Morgan fingerprint density at radius 1 is 1.31 bits per heavy atom. The summed E-state index contributed by atoms with van der Waals surface area (Å²) in [7, 11) is 0. The Balaban J connectivity index is 2.32. The molecule has 1 aliphatic rings. The van der Waals surface area contributed by atoms with E-state index in [0.717, 1.165) is 31.8 Å². The first-order chi connectivity index (χ1) is 7.56. The summed E-state index contributed by atoms with van der Waals surface area (Å²) in [5, 5.41) is 0. The van der Waals surface area contributed by atoms with E-state index in [4.69, 9.17) is 4.74 Å². The van der Waals surface area contributed by atoms with Crippen molar-refractivity contribution < 1.29 is 19.1 Å². The lowest BCUT2D eigenvalue weighted by molar-refractivity contribution is -0.169. The lowest BCUT2D eigenvalue weighted by atomic mass is 9.86. The standard InChI is InChI=1S/C12H18O4/c1-3-10(13)15-9-11(14)16-12(2)7-5-4-6-8-12/h3H,1,4-9H2,2H3. The zero-order chi connectivity index (χ0) is 12.0. The maximum absolute atomic E-state index is 11.4. The molecule has 0 aliphatic heterocycles. The van der Waals surface area contributed by atoms with E-state index in [-0.39, 0.29) is 12.2 Å². The molecular formula is C12H18O4. The molecule has 0 aromatic rings. The van der Waals surface area contributed by atoms with Gasteiger partial charge < -0.3 is 9.47 Å². The Labute approximate surface area is 95.6 Å². The van der Waals surface area contributed by atoms with Gasteiger partial charge in [-0.05, 0) is 32.6 Å². The third-order valence-corrected chi connectivity index (χ3v) is 2.77. The van der Waals surface area contributed by atoms with Crippen molar-refractivity contribution in [3.63, 3.8) is 0 Å². The van der Waals surface area contributed by atoms with Gasteiger partial charge in [0.1, 0.15) is 5.60 Å². The highest BCUT2D eigenvalue weighted by Crippen LogP contribution is 2.30. The van der Waals surface area contributed by atoms with Gasteiger partial charge in [-0.1, -0.05) is 13.0 Å². The molecule has 0 N–H and O–H groups in total. The van der Waals surface area contributed by atoms with Crippen LogP contribution in [-0.2, 0) is 19.1 Å². The van der Waals surface area contributed by atoms with Crippen LogP contribution >= 0.6 is 0 Å². The average molecular weight is 226 g/mol. The minimum Gasteiger partial charge on any atom is -0.457 e. The molecule has 1 fully saturated rings. The monoisotopic (exact) mass is 226 g/mol. The molecule has 0 amide bonds. The Hall–Kier alpha value is -1.32. The van der Waals surface area contributed by atoms with E-state index in [0.29, 0.717) is 0 Å². The van der Waals surface area contributed by atoms with Crippen LogP contribution < -0.4 is 0 Å². The fourth-order valence-electron chi connectivity index (χ4n) is 1.89. The van der Waals surface area contributed by atoms with Gasteiger partial charge in [-0.2, -0.15) is 0 Å². The van der Waals surface area contributed by atoms with Crippen LogP contribution in [0.2, 0.25) is 0 Å². The molecule has 0 bridgehead atoms. The number of carbonyl (C=O) groups is 2. The van der Waals surface area contributed by atoms with Crippen LogP contribution in [0.3, 0.4) is 0 Å². The summed E-state index contributed by atoms with van der Waals surface area (Å²) in [6, 6.07) is 0. The van der Waals surface area contributed by atoms with E-state index in [1.54, 1.807) is 0 Å². The van der Waals surface area contributed by atoms with Crippen molar-refractivity contribution in [2.75, 3.05) is 6.61 Å². The SMILES string of the molecule is C=CC(=O)OCC(=O)OC1(C)CCCCC1. The first-order valence-corrected chi connectivity index (χ1v) is 5.57. The van der Waals surface area contributed by atoms with E-state index in [1.165, 1.54) is 6.42 Å². The molecule has 4 nitrogen and oxygen atoms in total. The van der Waals surface area contributed by atoms with E-state index in [2.05, 4.69) is 11.3 Å². The predicted octanol–water partition coefficient (Wildman–Crippen LogP) is 1.98. The zero-order valence-corrected chi connectivity index (χ0v) is 9.66. The van der Waals surface area contributed by atoms with Crippen molar-refractivity contribution >= 4 is 11.9 Å². The lowest BCUT2D eigenvalue weighted by Crippen LogP contribution is -2.35. The molecule has 1 aliphatic carbocycles. The first-order valence-electron chi connectivity index (χ1n) is 5.57. The van der Waals surface area contributed by atoms with E-state index < -0.39 is 11.9 Å². The number of hydrogen-bond donors (Lipinski definition) is 0. The number of carbonyl (C=O) groups excluding carboxylic acids is 2. The van der Waals surface area contributed by atoms with Gasteiger partial charge >= 0.3 is 11.9 Å². The Morgan fingerprint density at radius 2 is 1.94 bits per heavy atom. The molecular weight excluding hydrogens is 208 g/mol. The van der Waals surface area contributed by atoms with Crippen LogP contribution in [0, 0.1) is 0 Å². The molecule has 0 heterocycles. The van der Waals surface area contributed by atoms with Gasteiger partial charge in [0.2, 0.25) is 0 Å². The Kier molecular flexibility index (Phi) is 4.52. The van der Waals surface area contributed by atoms with Crippen molar-refractivity contribution in [2.45, 2.75) is 44.6 Å². The Morgan fingerprint density at radius 3 is 2.50 bits per heavy atom. The van der Waals surface area contributed by atoms with E-state index >= 15 is 0 Å². The largest absolute Gasteiger partial charge is 0.457 e. The molecule has 0 saturated heterocycles. The van der Waals surface area contributed by atoms with Gasteiger partial charge in [0.25, 0.3) is 0 Å². The Bertz CT molecular complexity index is 277. The van der Waals surface area contributed by atoms with Gasteiger partial charge in [0.05, 0.1) is 0 Å². The predicted molar refractivity (Wildman–Crippen MR) is 58.7 cm³/mol. The number of esters is 2. The van der Waals surface area contributed by atoms with Crippen LogP contribution in [0.4, 0.5) is 0 Å². The summed E-state index contributed by atoms with van der Waals surface area (Å²) in [6.45, 7) is 4.84. The lowest BCUT2D eigenvalue weighted by Gasteiger charge is -2.32. The van der Waals surface area contributed by atoms with E-state index in [1.807, 2.05) is 6.92 Å². The number of ether oxygens (including phenoxy) is 2. The highest BCUT2D eigenvalue weighted by Gasteiger charge is 2.30. The van der Waals surface area contributed by atoms with Crippen LogP contribution in [0.1, 0.15) is 39.0 Å². The molecule has 0 atom stereocenters. The summed E-state index contributed by atoms with van der Waals surface area (Å²) >= 11 is 0. The number of hydrogen-bond acceptors (Lipinski definition) is 4. The van der Waals surface area contributed by atoms with Gasteiger partial charge in [0.15, 0.2) is 6.61 Å². The van der Waals surface area contributed by atoms with Crippen LogP contribution in [-0.4, -0.2) is 24.1 Å².